The maximum absolute atomic E-state index is 12.6. The molecule has 1 aliphatic heterocycles. The molecule has 0 saturated carbocycles. The van der Waals surface area contributed by atoms with Crippen molar-refractivity contribution in [3.8, 4) is 11.1 Å². The summed E-state index contributed by atoms with van der Waals surface area (Å²) < 4.78 is 1.79. The van der Waals surface area contributed by atoms with Gasteiger partial charge in [0.2, 0.25) is 5.91 Å². The van der Waals surface area contributed by atoms with Gasteiger partial charge >= 0.3 is 0 Å². The van der Waals surface area contributed by atoms with Gasteiger partial charge in [0.15, 0.2) is 5.82 Å². The number of amides is 1. The summed E-state index contributed by atoms with van der Waals surface area (Å²) >= 11 is 6.58. The Balaban J connectivity index is 1.44. The lowest BCUT2D eigenvalue weighted by atomic mass is 10.0. The normalized spacial score (nSPS) is 14.0. The van der Waals surface area contributed by atoms with Crippen LogP contribution in [0.15, 0.2) is 48.9 Å². The molecule has 1 N–H and O–H groups in total. The van der Waals surface area contributed by atoms with Crippen LogP contribution in [0.2, 0.25) is 5.02 Å². The molecule has 0 aliphatic carbocycles. The van der Waals surface area contributed by atoms with Gasteiger partial charge in [0.1, 0.15) is 12.4 Å². The van der Waals surface area contributed by atoms with Crippen LogP contribution in [0.4, 0.5) is 11.6 Å². The second-order valence-electron chi connectivity index (χ2n) is 8.67. The first-order valence-electron chi connectivity index (χ1n) is 11.0. The molecule has 0 unspecified atom stereocenters. The predicted octanol–water partition coefficient (Wildman–Crippen LogP) is 4.99. The van der Waals surface area contributed by atoms with E-state index in [-0.39, 0.29) is 18.5 Å². The Bertz CT molecular complexity index is 1360. The fraction of sp³-hybridized carbons (Fsp3) is 0.280. The SMILES string of the molecule is Cc1ccncc1-c1cc(Cl)c2cnc(Nc3cc4n(n3)CC(=O)N(C(C)C)CC4)cc2c1. The van der Waals surface area contributed by atoms with E-state index in [1.165, 1.54) is 0 Å². The van der Waals surface area contributed by atoms with Crippen LogP contribution in [0.5, 0.6) is 0 Å². The van der Waals surface area contributed by atoms with Gasteiger partial charge in [-0.15, -0.1) is 0 Å². The van der Waals surface area contributed by atoms with E-state index >= 15 is 0 Å². The highest BCUT2D eigenvalue weighted by atomic mass is 35.5. The molecule has 0 atom stereocenters. The van der Waals surface area contributed by atoms with E-state index in [9.17, 15) is 4.79 Å². The second kappa shape index (κ2) is 8.48. The molecular formula is C25H25ClN6O. The van der Waals surface area contributed by atoms with Crippen molar-refractivity contribution in [2.75, 3.05) is 11.9 Å². The largest absolute Gasteiger partial charge is 0.338 e. The molecular weight excluding hydrogens is 436 g/mol. The molecule has 0 bridgehead atoms. The van der Waals surface area contributed by atoms with Crippen LogP contribution >= 0.6 is 11.6 Å². The molecule has 3 aromatic heterocycles. The van der Waals surface area contributed by atoms with Gasteiger partial charge in [0.05, 0.1) is 5.02 Å². The number of pyridine rings is 2. The standard InChI is InChI=1S/C25H25ClN6O/c1-15(2)31-7-5-19-11-24(30-32(19)14-25(31)33)29-23-10-18-8-17(9-22(26)21(18)13-28-23)20-12-27-6-4-16(20)3/h4,6,8-13,15H,5,7,14H2,1-3H3,(H,28,29,30). The van der Waals surface area contributed by atoms with Crippen LogP contribution in [-0.2, 0) is 17.8 Å². The molecule has 168 valence electrons. The number of anilines is 2. The van der Waals surface area contributed by atoms with Crippen molar-refractivity contribution in [1.29, 1.82) is 0 Å². The highest BCUT2D eigenvalue weighted by Gasteiger charge is 2.23. The molecule has 0 saturated heterocycles. The second-order valence-corrected chi connectivity index (χ2v) is 9.08. The quantitative estimate of drug-likeness (QED) is 0.464. The lowest BCUT2D eigenvalue weighted by Gasteiger charge is -2.24. The summed E-state index contributed by atoms with van der Waals surface area (Å²) in [6.07, 6.45) is 6.18. The Kier molecular flexibility index (Phi) is 5.50. The number of halogens is 1. The number of carbonyl (C=O) groups is 1. The van der Waals surface area contributed by atoms with Crippen LogP contribution in [-0.4, -0.2) is 43.1 Å². The van der Waals surface area contributed by atoms with Crippen molar-refractivity contribution in [3.63, 3.8) is 0 Å². The molecule has 1 amide bonds. The average molecular weight is 461 g/mol. The highest BCUT2D eigenvalue weighted by molar-refractivity contribution is 6.36. The van der Waals surface area contributed by atoms with Gasteiger partial charge in [-0.3, -0.25) is 14.5 Å². The van der Waals surface area contributed by atoms with Crippen LogP contribution in [0.25, 0.3) is 21.9 Å². The summed E-state index contributed by atoms with van der Waals surface area (Å²) in [5.41, 5.74) is 4.23. The van der Waals surface area contributed by atoms with E-state index in [4.69, 9.17) is 11.6 Å². The number of fused-ring (bicyclic) bond motifs is 2. The number of hydrogen-bond donors (Lipinski definition) is 1. The first kappa shape index (κ1) is 21.4. The maximum atomic E-state index is 12.6. The van der Waals surface area contributed by atoms with Crippen molar-refractivity contribution in [3.05, 3.63) is 65.2 Å². The number of nitrogens with one attached hydrogen (secondary N) is 1. The monoisotopic (exact) mass is 460 g/mol. The van der Waals surface area contributed by atoms with Crippen molar-refractivity contribution in [2.24, 2.45) is 0 Å². The lowest BCUT2D eigenvalue weighted by molar-refractivity contribution is -0.133. The van der Waals surface area contributed by atoms with Gasteiger partial charge in [0.25, 0.3) is 0 Å². The van der Waals surface area contributed by atoms with Gasteiger partial charge in [-0.1, -0.05) is 11.6 Å². The molecule has 0 radical (unpaired) electrons. The molecule has 4 heterocycles. The topological polar surface area (TPSA) is 75.9 Å². The maximum Gasteiger partial charge on any atom is 0.244 e. The van der Waals surface area contributed by atoms with E-state index in [0.717, 1.165) is 39.6 Å². The molecule has 0 fully saturated rings. The summed E-state index contributed by atoms with van der Waals surface area (Å²) in [5, 5.41) is 10.4. The summed E-state index contributed by atoms with van der Waals surface area (Å²) in [4.78, 5) is 23.2. The van der Waals surface area contributed by atoms with Crippen LogP contribution in [0, 0.1) is 6.92 Å². The zero-order valence-electron chi connectivity index (χ0n) is 18.8. The van der Waals surface area contributed by atoms with Crippen LogP contribution < -0.4 is 5.32 Å². The van der Waals surface area contributed by atoms with Crippen molar-refractivity contribution in [1.82, 2.24) is 24.6 Å². The number of aryl methyl sites for hydroxylation is 1. The Morgan fingerprint density at radius 3 is 2.76 bits per heavy atom. The number of carbonyl (C=O) groups excluding carboxylic acids is 1. The zero-order valence-corrected chi connectivity index (χ0v) is 19.6. The summed E-state index contributed by atoms with van der Waals surface area (Å²) in [6.45, 7) is 7.09. The van der Waals surface area contributed by atoms with Crippen LogP contribution in [0.3, 0.4) is 0 Å². The first-order chi connectivity index (χ1) is 15.9. The zero-order chi connectivity index (χ0) is 23.1. The highest BCUT2D eigenvalue weighted by Crippen LogP contribution is 2.33. The Hall–Kier alpha value is -3.45. The third-order valence-electron chi connectivity index (χ3n) is 6.09. The Morgan fingerprint density at radius 1 is 1.12 bits per heavy atom. The minimum atomic E-state index is 0.0927. The summed E-state index contributed by atoms with van der Waals surface area (Å²) in [7, 11) is 0. The average Bonchev–Trinajstić information content (AvgIpc) is 3.06. The molecule has 4 aromatic rings. The molecule has 1 aliphatic rings. The van der Waals surface area contributed by atoms with E-state index in [1.807, 2.05) is 49.2 Å². The molecule has 8 heteroatoms. The molecule has 0 spiro atoms. The van der Waals surface area contributed by atoms with E-state index in [0.29, 0.717) is 23.2 Å². The van der Waals surface area contributed by atoms with Gasteiger partial charge < -0.3 is 10.2 Å². The predicted molar refractivity (Wildman–Crippen MR) is 131 cm³/mol. The number of nitrogens with zero attached hydrogens (tertiary/aromatic N) is 5. The molecule has 5 rings (SSSR count). The fourth-order valence-electron chi connectivity index (χ4n) is 4.31. The van der Waals surface area contributed by atoms with Gasteiger partial charge in [-0.25, -0.2) is 4.98 Å². The third-order valence-corrected chi connectivity index (χ3v) is 6.41. The smallest absolute Gasteiger partial charge is 0.244 e. The number of hydrogen-bond acceptors (Lipinski definition) is 5. The molecule has 33 heavy (non-hydrogen) atoms. The van der Waals surface area contributed by atoms with Gasteiger partial charge in [-0.05, 0) is 61.5 Å². The van der Waals surface area contributed by atoms with Gasteiger partial charge in [-0.2, -0.15) is 5.10 Å². The molecule has 1 aromatic carbocycles. The first-order valence-corrected chi connectivity index (χ1v) is 11.4. The Labute approximate surface area is 197 Å². The summed E-state index contributed by atoms with van der Waals surface area (Å²) in [5.74, 6) is 1.44. The minimum absolute atomic E-state index is 0.0927. The van der Waals surface area contributed by atoms with Crippen molar-refractivity contribution in [2.45, 2.75) is 39.8 Å². The lowest BCUT2D eigenvalue weighted by Crippen LogP contribution is -2.38. The number of rotatable bonds is 4. The third kappa shape index (κ3) is 4.16. The van der Waals surface area contributed by atoms with E-state index < -0.39 is 0 Å². The summed E-state index contributed by atoms with van der Waals surface area (Å²) in [6, 6.07) is 10.2. The van der Waals surface area contributed by atoms with Crippen molar-refractivity contribution >= 4 is 39.9 Å². The minimum Gasteiger partial charge on any atom is -0.338 e. The fourth-order valence-corrected chi connectivity index (χ4v) is 4.59. The van der Waals surface area contributed by atoms with Gasteiger partial charge in [0, 0.05) is 60.3 Å². The van der Waals surface area contributed by atoms with E-state index in [1.54, 1.807) is 17.1 Å². The Morgan fingerprint density at radius 2 is 1.97 bits per heavy atom. The van der Waals surface area contributed by atoms with E-state index in [2.05, 4.69) is 33.4 Å². The number of benzene rings is 1. The number of aromatic nitrogens is 4. The van der Waals surface area contributed by atoms with Crippen LogP contribution in [0.1, 0.15) is 25.1 Å². The molecule has 7 nitrogen and oxygen atoms in total. The van der Waals surface area contributed by atoms with Crippen molar-refractivity contribution < 1.29 is 4.79 Å².